The zero-order valence-electron chi connectivity index (χ0n) is 14.9. The first kappa shape index (κ1) is 16.8. The Morgan fingerprint density at radius 1 is 1.31 bits per heavy atom. The maximum atomic E-state index is 12.5. The van der Waals surface area contributed by atoms with Crippen molar-refractivity contribution in [2.75, 3.05) is 13.1 Å². The number of nitrogens with one attached hydrogen (secondary N) is 2. The second-order valence-corrected chi connectivity index (χ2v) is 7.21. The Kier molecular flexibility index (Phi) is 5.00. The summed E-state index contributed by atoms with van der Waals surface area (Å²) in [5.74, 6) is 1.80. The Bertz CT molecular complexity index is 821. The second-order valence-electron chi connectivity index (χ2n) is 7.21. The summed E-state index contributed by atoms with van der Waals surface area (Å²) in [6.45, 7) is 1.74. The SMILES string of the molecule is O=C(CCCc1cn[nH]c1)N1CCC[C@@H](Cc2nc3ccccc3[nH]2)C1. The van der Waals surface area contributed by atoms with Crippen LogP contribution in [-0.2, 0) is 17.6 Å². The lowest BCUT2D eigenvalue weighted by atomic mass is 9.94. The van der Waals surface area contributed by atoms with Gasteiger partial charge in [0.2, 0.25) is 5.91 Å². The van der Waals surface area contributed by atoms with E-state index in [0.29, 0.717) is 12.3 Å². The maximum Gasteiger partial charge on any atom is 0.222 e. The van der Waals surface area contributed by atoms with Gasteiger partial charge in [-0.1, -0.05) is 12.1 Å². The number of likely N-dealkylation sites (tertiary alicyclic amines) is 1. The average molecular weight is 351 g/mol. The van der Waals surface area contributed by atoms with Crippen molar-refractivity contribution in [3.8, 4) is 0 Å². The van der Waals surface area contributed by atoms with Crippen molar-refractivity contribution in [3.63, 3.8) is 0 Å². The van der Waals surface area contributed by atoms with Gasteiger partial charge in [0.1, 0.15) is 5.82 Å². The number of imidazole rings is 1. The molecule has 0 bridgehead atoms. The minimum Gasteiger partial charge on any atom is -0.342 e. The van der Waals surface area contributed by atoms with Crippen molar-refractivity contribution in [3.05, 3.63) is 48.0 Å². The van der Waals surface area contributed by atoms with E-state index in [-0.39, 0.29) is 5.91 Å². The van der Waals surface area contributed by atoms with Crippen LogP contribution in [0.4, 0.5) is 0 Å². The van der Waals surface area contributed by atoms with Gasteiger partial charge in [-0.05, 0) is 49.3 Å². The van der Waals surface area contributed by atoms with Gasteiger partial charge in [-0.15, -0.1) is 0 Å². The largest absolute Gasteiger partial charge is 0.342 e. The summed E-state index contributed by atoms with van der Waals surface area (Å²) < 4.78 is 0. The fourth-order valence-electron chi connectivity index (χ4n) is 3.85. The molecular formula is C20H25N5O. The molecule has 136 valence electrons. The van der Waals surface area contributed by atoms with Gasteiger partial charge in [-0.3, -0.25) is 9.89 Å². The van der Waals surface area contributed by atoms with Crippen molar-refractivity contribution < 1.29 is 4.79 Å². The van der Waals surface area contributed by atoms with E-state index in [4.69, 9.17) is 0 Å². The van der Waals surface area contributed by atoms with Crippen LogP contribution in [-0.4, -0.2) is 44.1 Å². The lowest BCUT2D eigenvalue weighted by molar-refractivity contribution is -0.133. The molecule has 4 rings (SSSR count). The number of hydrogen-bond acceptors (Lipinski definition) is 3. The van der Waals surface area contributed by atoms with Crippen LogP contribution in [0.1, 0.15) is 37.1 Å². The highest BCUT2D eigenvalue weighted by Crippen LogP contribution is 2.22. The number of nitrogens with zero attached hydrogens (tertiary/aromatic N) is 3. The molecule has 0 unspecified atom stereocenters. The fraction of sp³-hybridized carbons (Fsp3) is 0.450. The molecule has 2 N–H and O–H groups in total. The van der Waals surface area contributed by atoms with Crippen LogP contribution >= 0.6 is 0 Å². The van der Waals surface area contributed by atoms with E-state index >= 15 is 0 Å². The summed E-state index contributed by atoms with van der Waals surface area (Å²) in [7, 11) is 0. The Balaban J connectivity index is 1.29. The van der Waals surface area contributed by atoms with Gasteiger partial charge in [0.25, 0.3) is 0 Å². The predicted octanol–water partition coefficient (Wildman–Crippen LogP) is 3.09. The zero-order chi connectivity index (χ0) is 17.8. The highest BCUT2D eigenvalue weighted by Gasteiger charge is 2.24. The first-order valence-electron chi connectivity index (χ1n) is 9.47. The number of piperidine rings is 1. The molecule has 1 fully saturated rings. The number of para-hydroxylation sites is 2. The van der Waals surface area contributed by atoms with E-state index in [1.807, 2.05) is 35.5 Å². The number of fused-ring (bicyclic) bond motifs is 1. The molecule has 1 atom stereocenters. The Morgan fingerprint density at radius 2 is 2.23 bits per heavy atom. The van der Waals surface area contributed by atoms with Crippen LogP contribution < -0.4 is 0 Å². The molecule has 1 aliphatic rings. The Hall–Kier alpha value is -2.63. The third-order valence-corrected chi connectivity index (χ3v) is 5.20. The van der Waals surface area contributed by atoms with Crippen LogP contribution in [0.25, 0.3) is 11.0 Å². The maximum absolute atomic E-state index is 12.5. The number of benzene rings is 1. The molecule has 1 aliphatic heterocycles. The molecule has 2 aromatic heterocycles. The van der Waals surface area contributed by atoms with Gasteiger partial charge in [0.05, 0.1) is 17.2 Å². The van der Waals surface area contributed by atoms with Crippen molar-refractivity contribution in [2.45, 2.75) is 38.5 Å². The molecule has 0 saturated carbocycles. The molecule has 6 nitrogen and oxygen atoms in total. The fourth-order valence-corrected chi connectivity index (χ4v) is 3.85. The first-order chi connectivity index (χ1) is 12.8. The number of aryl methyl sites for hydroxylation is 1. The number of hydrogen-bond donors (Lipinski definition) is 2. The van der Waals surface area contributed by atoms with Crippen LogP contribution in [0.3, 0.4) is 0 Å². The van der Waals surface area contributed by atoms with E-state index in [1.54, 1.807) is 0 Å². The molecule has 1 saturated heterocycles. The summed E-state index contributed by atoms with van der Waals surface area (Å²) in [5, 5.41) is 6.76. The smallest absolute Gasteiger partial charge is 0.222 e. The number of amides is 1. The summed E-state index contributed by atoms with van der Waals surface area (Å²) in [6.07, 6.45) is 9.27. The van der Waals surface area contributed by atoms with Crippen LogP contribution in [0.15, 0.2) is 36.7 Å². The van der Waals surface area contributed by atoms with E-state index < -0.39 is 0 Å². The standard InChI is InChI=1S/C20H25N5O/c26-20(9-3-5-16-12-21-22-13-16)25-10-4-6-15(14-25)11-19-23-17-7-1-2-8-18(17)24-19/h1-2,7-8,12-13,15H,3-6,9-11,14H2,(H,21,22)(H,23,24)/t15-/m0/s1. The molecule has 3 heterocycles. The quantitative estimate of drug-likeness (QED) is 0.716. The van der Waals surface area contributed by atoms with Crippen LogP contribution in [0.2, 0.25) is 0 Å². The molecular weight excluding hydrogens is 326 g/mol. The summed E-state index contributed by atoms with van der Waals surface area (Å²) >= 11 is 0. The summed E-state index contributed by atoms with van der Waals surface area (Å²) in [5.41, 5.74) is 3.27. The Morgan fingerprint density at radius 3 is 3.08 bits per heavy atom. The van der Waals surface area contributed by atoms with Crippen molar-refractivity contribution >= 4 is 16.9 Å². The Labute approximate surface area is 153 Å². The van der Waals surface area contributed by atoms with Crippen molar-refractivity contribution in [1.82, 2.24) is 25.1 Å². The molecule has 0 radical (unpaired) electrons. The predicted molar refractivity (Wildman–Crippen MR) is 101 cm³/mol. The number of aromatic nitrogens is 4. The minimum absolute atomic E-state index is 0.280. The number of rotatable bonds is 6. The third-order valence-electron chi connectivity index (χ3n) is 5.20. The first-order valence-corrected chi connectivity index (χ1v) is 9.47. The number of carbonyl (C=O) groups is 1. The summed E-state index contributed by atoms with van der Waals surface area (Å²) in [4.78, 5) is 22.7. The van der Waals surface area contributed by atoms with Gasteiger partial charge < -0.3 is 9.88 Å². The average Bonchev–Trinajstić information content (AvgIpc) is 3.31. The molecule has 0 spiro atoms. The van der Waals surface area contributed by atoms with E-state index in [0.717, 1.165) is 62.1 Å². The monoisotopic (exact) mass is 351 g/mol. The second kappa shape index (κ2) is 7.72. The van der Waals surface area contributed by atoms with Crippen LogP contribution in [0.5, 0.6) is 0 Å². The molecule has 0 aliphatic carbocycles. The number of H-pyrrole nitrogens is 2. The molecule has 6 heteroatoms. The molecule has 26 heavy (non-hydrogen) atoms. The van der Waals surface area contributed by atoms with Gasteiger partial charge in [0, 0.05) is 32.1 Å². The van der Waals surface area contributed by atoms with Crippen LogP contribution in [0, 0.1) is 5.92 Å². The van der Waals surface area contributed by atoms with E-state index in [9.17, 15) is 4.79 Å². The molecule has 3 aromatic rings. The highest BCUT2D eigenvalue weighted by atomic mass is 16.2. The minimum atomic E-state index is 0.280. The zero-order valence-corrected chi connectivity index (χ0v) is 14.9. The van der Waals surface area contributed by atoms with E-state index in [2.05, 4.69) is 26.2 Å². The van der Waals surface area contributed by atoms with Gasteiger partial charge >= 0.3 is 0 Å². The summed E-state index contributed by atoms with van der Waals surface area (Å²) in [6, 6.07) is 8.13. The van der Waals surface area contributed by atoms with Gasteiger partial charge in [-0.25, -0.2) is 4.98 Å². The normalized spacial score (nSPS) is 17.7. The van der Waals surface area contributed by atoms with E-state index in [1.165, 1.54) is 5.56 Å². The highest BCUT2D eigenvalue weighted by molar-refractivity contribution is 5.76. The number of carbonyl (C=O) groups excluding carboxylic acids is 1. The molecule has 1 amide bonds. The van der Waals surface area contributed by atoms with Crippen molar-refractivity contribution in [2.24, 2.45) is 5.92 Å². The van der Waals surface area contributed by atoms with Gasteiger partial charge in [-0.2, -0.15) is 5.10 Å². The van der Waals surface area contributed by atoms with Gasteiger partial charge in [0.15, 0.2) is 0 Å². The third kappa shape index (κ3) is 3.95. The lowest BCUT2D eigenvalue weighted by Gasteiger charge is -2.32. The lowest BCUT2D eigenvalue weighted by Crippen LogP contribution is -2.40. The van der Waals surface area contributed by atoms with Crippen molar-refractivity contribution in [1.29, 1.82) is 0 Å². The topological polar surface area (TPSA) is 77.7 Å². The number of aromatic amines is 2. The molecule has 1 aromatic carbocycles.